The van der Waals surface area contributed by atoms with Crippen LogP contribution in [0.5, 0.6) is 0 Å². The van der Waals surface area contributed by atoms with Crippen LogP contribution in [0.2, 0.25) is 0 Å². The Morgan fingerprint density at radius 1 is 1.24 bits per heavy atom. The van der Waals surface area contributed by atoms with Crippen molar-refractivity contribution in [2.24, 2.45) is 0 Å². The molecular formula is C12H11N3OS. The largest absolute Gasteiger partial charge is 0.313 e. The van der Waals surface area contributed by atoms with Crippen molar-refractivity contribution < 1.29 is 0 Å². The molecule has 3 aromatic rings. The smallest absolute Gasteiger partial charge is 0.259 e. The Kier molecular flexibility index (Phi) is 2.53. The molecule has 4 nitrogen and oxygen atoms in total. The first-order chi connectivity index (χ1) is 8.34. The first-order valence-corrected chi connectivity index (χ1v) is 6.26. The van der Waals surface area contributed by atoms with Gasteiger partial charge in [0.05, 0.1) is 11.9 Å². The van der Waals surface area contributed by atoms with Crippen molar-refractivity contribution in [3.63, 3.8) is 0 Å². The quantitative estimate of drug-likeness (QED) is 0.707. The topological polar surface area (TPSA) is 39.8 Å². The van der Waals surface area contributed by atoms with Gasteiger partial charge in [-0.25, -0.2) is 0 Å². The Hall–Kier alpha value is -1.88. The highest BCUT2D eigenvalue weighted by Gasteiger charge is 2.03. The molecule has 0 fully saturated rings. The fourth-order valence-electron chi connectivity index (χ4n) is 1.83. The molecular weight excluding hydrogens is 234 g/mol. The first-order valence-electron chi connectivity index (χ1n) is 5.39. The summed E-state index contributed by atoms with van der Waals surface area (Å²) < 4.78 is 4.60. The maximum absolute atomic E-state index is 12.1. The molecule has 0 aromatic carbocycles. The van der Waals surface area contributed by atoms with Gasteiger partial charge in [0.1, 0.15) is 0 Å². The highest BCUT2D eigenvalue weighted by atomic mass is 32.1. The second-order valence-electron chi connectivity index (χ2n) is 3.78. The zero-order chi connectivity index (χ0) is 11.7. The van der Waals surface area contributed by atoms with Gasteiger partial charge in [0.2, 0.25) is 0 Å². The molecule has 3 rings (SSSR count). The normalized spacial score (nSPS) is 11.1. The molecule has 3 aromatic heterocycles. The van der Waals surface area contributed by atoms with Crippen LogP contribution in [0, 0.1) is 0 Å². The Bertz CT molecular complexity index is 681. The van der Waals surface area contributed by atoms with E-state index in [1.54, 1.807) is 22.1 Å². The third-order valence-corrected chi connectivity index (χ3v) is 3.60. The predicted octanol–water partition coefficient (Wildman–Crippen LogP) is 1.96. The molecule has 0 radical (unpaired) electrons. The molecule has 3 heterocycles. The molecule has 0 amide bonds. The molecule has 86 valence electrons. The number of rotatable bonds is 3. The second-order valence-corrected chi connectivity index (χ2v) is 4.73. The maximum Gasteiger partial charge on any atom is 0.259 e. The average Bonchev–Trinajstić information content (AvgIpc) is 2.99. The Morgan fingerprint density at radius 3 is 3.00 bits per heavy atom. The summed E-state index contributed by atoms with van der Waals surface area (Å²) in [7, 11) is 0. The van der Waals surface area contributed by atoms with Crippen molar-refractivity contribution in [2.75, 3.05) is 0 Å². The van der Waals surface area contributed by atoms with Crippen LogP contribution in [0.15, 0.2) is 47.0 Å². The zero-order valence-corrected chi connectivity index (χ0v) is 9.93. The maximum atomic E-state index is 12.1. The molecule has 0 bridgehead atoms. The summed E-state index contributed by atoms with van der Waals surface area (Å²) in [5.74, 6) is 0. The van der Waals surface area contributed by atoms with E-state index in [0.717, 1.165) is 10.1 Å². The monoisotopic (exact) mass is 245 g/mol. The summed E-state index contributed by atoms with van der Waals surface area (Å²) in [6.45, 7) is 1.36. The Morgan fingerprint density at radius 2 is 2.18 bits per heavy atom. The molecule has 0 aliphatic carbocycles. The molecule has 0 atom stereocenters. The van der Waals surface area contributed by atoms with Gasteiger partial charge in [0.15, 0.2) is 0 Å². The van der Waals surface area contributed by atoms with E-state index in [0.29, 0.717) is 13.1 Å². The molecule has 0 aliphatic heterocycles. The van der Waals surface area contributed by atoms with Crippen molar-refractivity contribution in [1.82, 2.24) is 14.3 Å². The van der Waals surface area contributed by atoms with E-state index in [2.05, 4.69) is 5.10 Å². The lowest BCUT2D eigenvalue weighted by Crippen LogP contribution is -2.21. The zero-order valence-electron chi connectivity index (χ0n) is 9.11. The number of aromatic nitrogens is 3. The van der Waals surface area contributed by atoms with Crippen LogP contribution in [0.1, 0.15) is 0 Å². The van der Waals surface area contributed by atoms with Crippen LogP contribution in [-0.4, -0.2) is 14.3 Å². The number of aryl methyl sites for hydroxylation is 2. The highest BCUT2D eigenvalue weighted by molar-refractivity contribution is 7.17. The van der Waals surface area contributed by atoms with Gasteiger partial charge in [0.25, 0.3) is 5.56 Å². The third-order valence-electron chi connectivity index (χ3n) is 2.72. The third kappa shape index (κ3) is 1.89. The lowest BCUT2D eigenvalue weighted by atomic mass is 10.3. The standard InChI is InChI=1S/C12H11N3OS/c16-12-10-3-9-17-11(10)2-6-14(12)7-8-15-5-1-4-13-15/h1-6,9H,7-8H2. The summed E-state index contributed by atoms with van der Waals surface area (Å²) in [5.41, 5.74) is 0.0795. The molecule has 0 unspecified atom stereocenters. The van der Waals surface area contributed by atoms with E-state index in [1.807, 2.05) is 40.7 Å². The molecule has 17 heavy (non-hydrogen) atoms. The molecule has 0 spiro atoms. The van der Waals surface area contributed by atoms with Crippen molar-refractivity contribution in [2.45, 2.75) is 13.1 Å². The summed E-state index contributed by atoms with van der Waals surface area (Å²) in [6, 6.07) is 5.75. The van der Waals surface area contributed by atoms with Crippen LogP contribution < -0.4 is 5.56 Å². The Labute approximate surface area is 102 Å². The van der Waals surface area contributed by atoms with Crippen molar-refractivity contribution >= 4 is 21.4 Å². The predicted molar refractivity (Wildman–Crippen MR) is 68.3 cm³/mol. The van der Waals surface area contributed by atoms with Crippen LogP contribution in [0.25, 0.3) is 10.1 Å². The minimum Gasteiger partial charge on any atom is -0.313 e. The molecule has 0 aliphatic rings. The summed E-state index contributed by atoms with van der Waals surface area (Å²) >= 11 is 1.60. The van der Waals surface area contributed by atoms with Gasteiger partial charge in [-0.3, -0.25) is 9.48 Å². The Balaban J connectivity index is 1.90. The number of thiophene rings is 1. The number of nitrogens with zero attached hydrogens (tertiary/aromatic N) is 3. The molecule has 0 saturated heterocycles. The fraction of sp³-hybridized carbons (Fsp3) is 0.167. The number of fused-ring (bicyclic) bond motifs is 1. The van der Waals surface area contributed by atoms with Crippen LogP contribution >= 0.6 is 11.3 Å². The minimum atomic E-state index is 0.0795. The van der Waals surface area contributed by atoms with Gasteiger partial charge in [-0.15, -0.1) is 11.3 Å². The number of pyridine rings is 1. The van der Waals surface area contributed by atoms with Crippen LogP contribution in [0.4, 0.5) is 0 Å². The van der Waals surface area contributed by atoms with E-state index < -0.39 is 0 Å². The van der Waals surface area contributed by atoms with Gasteiger partial charge in [-0.1, -0.05) is 0 Å². The molecule has 0 saturated carbocycles. The van der Waals surface area contributed by atoms with E-state index in [1.165, 1.54) is 0 Å². The van der Waals surface area contributed by atoms with E-state index >= 15 is 0 Å². The lowest BCUT2D eigenvalue weighted by molar-refractivity contribution is 0.526. The van der Waals surface area contributed by atoms with Crippen LogP contribution in [0.3, 0.4) is 0 Å². The van der Waals surface area contributed by atoms with Gasteiger partial charge < -0.3 is 4.57 Å². The summed E-state index contributed by atoms with van der Waals surface area (Å²) in [5, 5.41) is 6.87. The van der Waals surface area contributed by atoms with E-state index in [4.69, 9.17) is 0 Å². The van der Waals surface area contributed by atoms with Gasteiger partial charge in [-0.05, 0) is 23.6 Å². The highest BCUT2D eigenvalue weighted by Crippen LogP contribution is 2.16. The van der Waals surface area contributed by atoms with E-state index in [9.17, 15) is 4.79 Å². The number of hydrogen-bond acceptors (Lipinski definition) is 3. The summed E-state index contributed by atoms with van der Waals surface area (Å²) in [4.78, 5) is 12.1. The van der Waals surface area contributed by atoms with Gasteiger partial charge in [-0.2, -0.15) is 5.10 Å². The van der Waals surface area contributed by atoms with Crippen molar-refractivity contribution in [3.05, 3.63) is 52.5 Å². The van der Waals surface area contributed by atoms with E-state index in [-0.39, 0.29) is 5.56 Å². The average molecular weight is 245 g/mol. The minimum absolute atomic E-state index is 0.0795. The first kappa shape index (κ1) is 10.3. The van der Waals surface area contributed by atoms with Gasteiger partial charge in [0, 0.05) is 29.8 Å². The molecule has 5 heteroatoms. The lowest BCUT2D eigenvalue weighted by Gasteiger charge is -2.05. The summed E-state index contributed by atoms with van der Waals surface area (Å²) in [6.07, 6.45) is 5.49. The van der Waals surface area contributed by atoms with Crippen molar-refractivity contribution in [3.8, 4) is 0 Å². The van der Waals surface area contributed by atoms with Crippen molar-refractivity contribution in [1.29, 1.82) is 0 Å². The van der Waals surface area contributed by atoms with Gasteiger partial charge >= 0.3 is 0 Å². The number of hydrogen-bond donors (Lipinski definition) is 0. The SMILES string of the molecule is O=c1c2ccsc2ccn1CCn1cccn1. The van der Waals surface area contributed by atoms with Crippen LogP contribution in [-0.2, 0) is 13.1 Å². The fourth-order valence-corrected chi connectivity index (χ4v) is 2.60. The second kappa shape index (κ2) is 4.18. The molecule has 0 N–H and O–H groups in total.